The van der Waals surface area contributed by atoms with Gasteiger partial charge in [0.2, 0.25) is 0 Å². The molecule has 0 bridgehead atoms. The molecule has 11 heteroatoms. The molecule has 4 aromatic rings. The Labute approximate surface area is 232 Å². The standard InChI is InChI=1S/C29H35N9O2/c1-2-21-14-26-27(35-28(21)39)13-20(15-31-26)18-36-9-11-37(12-10-36)24-3-4-25(32-17-24)29(40)34-22-16-33-38(19-22)23-5-7-30-8-6-23/h3-4,13-17,19,23,30H,2,5-12,18H2,1H3,(H,34,40)(H,35,39). The summed E-state index contributed by atoms with van der Waals surface area (Å²) in [7, 11) is 0. The highest BCUT2D eigenvalue weighted by Gasteiger charge is 2.20. The van der Waals surface area contributed by atoms with E-state index in [0.29, 0.717) is 23.8 Å². The number of nitrogens with zero attached hydrogens (tertiary/aromatic N) is 6. The molecule has 2 aliphatic heterocycles. The predicted molar refractivity (Wildman–Crippen MR) is 155 cm³/mol. The second-order valence-corrected chi connectivity index (χ2v) is 10.6. The Bertz CT molecular complexity index is 1530. The van der Waals surface area contributed by atoms with Gasteiger partial charge in [-0.1, -0.05) is 6.92 Å². The number of pyridine rings is 3. The zero-order valence-corrected chi connectivity index (χ0v) is 22.8. The van der Waals surface area contributed by atoms with Crippen molar-refractivity contribution in [1.82, 2.24) is 34.9 Å². The van der Waals surface area contributed by atoms with Crippen LogP contribution in [0.3, 0.4) is 0 Å². The zero-order chi connectivity index (χ0) is 27.5. The number of nitrogens with one attached hydrogen (secondary N) is 3. The largest absolute Gasteiger partial charge is 0.368 e. The van der Waals surface area contributed by atoms with Crippen molar-refractivity contribution >= 4 is 28.3 Å². The van der Waals surface area contributed by atoms with Crippen LogP contribution >= 0.6 is 0 Å². The van der Waals surface area contributed by atoms with Gasteiger partial charge in [-0.05, 0) is 62.2 Å². The summed E-state index contributed by atoms with van der Waals surface area (Å²) < 4.78 is 1.95. The first kappa shape index (κ1) is 26.1. The summed E-state index contributed by atoms with van der Waals surface area (Å²) in [5, 5.41) is 10.7. The number of piperidine rings is 1. The maximum Gasteiger partial charge on any atom is 0.274 e. The van der Waals surface area contributed by atoms with Crippen LogP contribution in [0.2, 0.25) is 0 Å². The fourth-order valence-electron chi connectivity index (χ4n) is 5.51. The molecule has 6 rings (SSSR count). The highest BCUT2D eigenvalue weighted by molar-refractivity contribution is 6.02. The summed E-state index contributed by atoms with van der Waals surface area (Å²) in [5.41, 5.74) is 5.47. The van der Waals surface area contributed by atoms with Gasteiger partial charge in [-0.25, -0.2) is 4.98 Å². The molecular weight excluding hydrogens is 506 g/mol. The van der Waals surface area contributed by atoms with Crippen molar-refractivity contribution in [3.63, 3.8) is 0 Å². The monoisotopic (exact) mass is 541 g/mol. The molecule has 0 saturated carbocycles. The number of hydrogen-bond donors (Lipinski definition) is 3. The van der Waals surface area contributed by atoms with E-state index in [2.05, 4.69) is 40.5 Å². The molecule has 0 aliphatic carbocycles. The first-order chi connectivity index (χ1) is 19.6. The van der Waals surface area contributed by atoms with Gasteiger partial charge < -0.3 is 20.5 Å². The molecule has 1 amide bonds. The number of carbonyl (C=O) groups is 1. The third-order valence-corrected chi connectivity index (χ3v) is 7.87. The molecule has 2 fully saturated rings. The molecule has 0 unspecified atom stereocenters. The van der Waals surface area contributed by atoms with Gasteiger partial charge in [0.25, 0.3) is 11.5 Å². The zero-order valence-electron chi connectivity index (χ0n) is 22.8. The van der Waals surface area contributed by atoms with Crippen molar-refractivity contribution in [2.24, 2.45) is 0 Å². The number of carbonyl (C=O) groups excluding carboxylic acids is 1. The van der Waals surface area contributed by atoms with Gasteiger partial charge >= 0.3 is 0 Å². The van der Waals surface area contributed by atoms with Gasteiger partial charge in [0, 0.05) is 50.7 Å². The summed E-state index contributed by atoms with van der Waals surface area (Å²) in [5.74, 6) is -0.238. The molecule has 0 radical (unpaired) electrons. The van der Waals surface area contributed by atoms with E-state index in [1.807, 2.05) is 42.2 Å². The number of hydrogen-bond acceptors (Lipinski definition) is 8. The summed E-state index contributed by atoms with van der Waals surface area (Å²) in [6.07, 6.45) is 10.0. The lowest BCUT2D eigenvalue weighted by molar-refractivity contribution is 0.102. The Morgan fingerprint density at radius 1 is 1.05 bits per heavy atom. The molecule has 3 N–H and O–H groups in total. The minimum Gasteiger partial charge on any atom is -0.368 e. The van der Waals surface area contributed by atoms with Crippen LogP contribution in [0, 0.1) is 0 Å². The van der Waals surface area contributed by atoms with Crippen LogP contribution in [0.5, 0.6) is 0 Å². The average Bonchev–Trinajstić information content (AvgIpc) is 3.46. The van der Waals surface area contributed by atoms with Crippen LogP contribution in [-0.2, 0) is 13.0 Å². The van der Waals surface area contributed by atoms with Crippen LogP contribution in [0.4, 0.5) is 11.4 Å². The van der Waals surface area contributed by atoms with E-state index in [0.717, 1.165) is 86.5 Å². The molecule has 0 aromatic carbocycles. The number of aryl methyl sites for hydroxylation is 1. The SMILES string of the molecule is CCc1cc2ncc(CN3CCN(c4ccc(C(=O)Nc5cnn(C6CCNCC6)c5)nc4)CC3)cc2[nH]c1=O. The summed E-state index contributed by atoms with van der Waals surface area (Å²) in [6.45, 7) is 8.24. The molecule has 208 valence electrons. The Balaban J connectivity index is 1.02. The minimum absolute atomic E-state index is 0.0385. The third kappa shape index (κ3) is 5.75. The van der Waals surface area contributed by atoms with E-state index in [-0.39, 0.29) is 11.5 Å². The normalized spacial score (nSPS) is 16.9. The van der Waals surface area contributed by atoms with Gasteiger partial charge in [-0.3, -0.25) is 24.2 Å². The Kier molecular flexibility index (Phi) is 7.56. The predicted octanol–water partition coefficient (Wildman–Crippen LogP) is 2.58. The summed E-state index contributed by atoms with van der Waals surface area (Å²) in [6, 6.07) is 8.02. The van der Waals surface area contributed by atoms with E-state index < -0.39 is 0 Å². The van der Waals surface area contributed by atoms with E-state index in [9.17, 15) is 9.59 Å². The number of rotatable bonds is 7. The average molecular weight is 542 g/mol. The number of aromatic nitrogens is 5. The number of amides is 1. The fraction of sp³-hybridized carbons (Fsp3) is 0.414. The Morgan fingerprint density at radius 3 is 2.62 bits per heavy atom. The maximum absolute atomic E-state index is 12.8. The van der Waals surface area contributed by atoms with Crippen molar-refractivity contribution in [3.05, 3.63) is 76.2 Å². The van der Waals surface area contributed by atoms with Crippen molar-refractivity contribution in [3.8, 4) is 0 Å². The van der Waals surface area contributed by atoms with Crippen molar-refractivity contribution in [2.45, 2.75) is 38.8 Å². The van der Waals surface area contributed by atoms with Gasteiger partial charge in [0.05, 0.1) is 40.8 Å². The molecule has 0 atom stereocenters. The summed E-state index contributed by atoms with van der Waals surface area (Å²) >= 11 is 0. The lowest BCUT2D eigenvalue weighted by atomic mass is 10.1. The topological polar surface area (TPSA) is 124 Å². The smallest absolute Gasteiger partial charge is 0.274 e. The van der Waals surface area contributed by atoms with Crippen molar-refractivity contribution in [1.29, 1.82) is 0 Å². The maximum atomic E-state index is 12.8. The minimum atomic E-state index is -0.238. The molecule has 11 nitrogen and oxygen atoms in total. The van der Waals surface area contributed by atoms with Crippen molar-refractivity contribution < 1.29 is 4.79 Å². The highest BCUT2D eigenvalue weighted by Crippen LogP contribution is 2.21. The van der Waals surface area contributed by atoms with Crippen LogP contribution in [0.15, 0.2) is 53.8 Å². The van der Waals surface area contributed by atoms with Gasteiger partial charge in [0.1, 0.15) is 5.69 Å². The molecule has 2 aliphatic rings. The first-order valence-electron chi connectivity index (χ1n) is 14.1. The summed E-state index contributed by atoms with van der Waals surface area (Å²) in [4.78, 5) is 41.6. The van der Waals surface area contributed by atoms with Crippen LogP contribution in [0.25, 0.3) is 11.0 Å². The number of aromatic amines is 1. The molecule has 2 saturated heterocycles. The van der Waals surface area contributed by atoms with Gasteiger partial charge in [-0.2, -0.15) is 5.10 Å². The molecule has 40 heavy (non-hydrogen) atoms. The van der Waals surface area contributed by atoms with E-state index in [1.165, 1.54) is 0 Å². The lowest BCUT2D eigenvalue weighted by Crippen LogP contribution is -2.46. The first-order valence-corrected chi connectivity index (χ1v) is 14.1. The second kappa shape index (κ2) is 11.6. The van der Waals surface area contributed by atoms with Crippen LogP contribution < -0.4 is 21.1 Å². The number of anilines is 2. The van der Waals surface area contributed by atoms with Crippen molar-refractivity contribution in [2.75, 3.05) is 49.5 Å². The lowest BCUT2D eigenvalue weighted by Gasteiger charge is -2.36. The molecular formula is C29H35N9O2. The molecule has 6 heterocycles. The van der Waals surface area contributed by atoms with E-state index >= 15 is 0 Å². The van der Waals surface area contributed by atoms with Crippen LogP contribution in [-0.4, -0.2) is 74.8 Å². The number of fused-ring (bicyclic) bond motifs is 1. The molecule has 0 spiro atoms. The second-order valence-electron chi connectivity index (χ2n) is 10.6. The quantitative estimate of drug-likeness (QED) is 0.326. The number of piperazine rings is 1. The van der Waals surface area contributed by atoms with E-state index in [1.54, 1.807) is 18.5 Å². The third-order valence-electron chi connectivity index (χ3n) is 7.87. The van der Waals surface area contributed by atoms with Gasteiger partial charge in [0.15, 0.2) is 0 Å². The van der Waals surface area contributed by atoms with Gasteiger partial charge in [-0.15, -0.1) is 0 Å². The molecule has 4 aromatic heterocycles. The Morgan fingerprint density at radius 2 is 1.88 bits per heavy atom. The Hall–Kier alpha value is -4.09. The fourth-order valence-corrected chi connectivity index (χ4v) is 5.51. The van der Waals surface area contributed by atoms with Crippen LogP contribution in [0.1, 0.15) is 47.4 Å². The number of H-pyrrole nitrogens is 1. The van der Waals surface area contributed by atoms with E-state index in [4.69, 9.17) is 0 Å². The highest BCUT2D eigenvalue weighted by atomic mass is 16.2.